The zero-order chi connectivity index (χ0) is 20.7. The Kier molecular flexibility index (Phi) is 7.88. The molecule has 2 aromatic carbocycles. The van der Waals surface area contributed by atoms with E-state index in [1.54, 1.807) is 25.1 Å². The predicted molar refractivity (Wildman–Crippen MR) is 111 cm³/mol. The van der Waals surface area contributed by atoms with Crippen molar-refractivity contribution >= 4 is 23.4 Å². The van der Waals surface area contributed by atoms with E-state index in [2.05, 4.69) is 5.32 Å². The molecule has 28 heavy (non-hydrogen) atoms. The molecule has 2 amide bonds. The molecule has 150 valence electrons. The van der Waals surface area contributed by atoms with E-state index in [4.69, 9.17) is 16.3 Å². The van der Waals surface area contributed by atoms with E-state index in [0.29, 0.717) is 10.8 Å². The van der Waals surface area contributed by atoms with Gasteiger partial charge in [0.1, 0.15) is 11.8 Å². The molecule has 0 bridgehead atoms. The van der Waals surface area contributed by atoms with Crippen LogP contribution in [0, 0.1) is 6.92 Å². The summed E-state index contributed by atoms with van der Waals surface area (Å²) in [5.41, 5.74) is 1.89. The summed E-state index contributed by atoms with van der Waals surface area (Å²) in [6, 6.07) is 14.1. The monoisotopic (exact) mass is 402 g/mol. The van der Waals surface area contributed by atoms with Crippen LogP contribution in [0.1, 0.15) is 31.9 Å². The van der Waals surface area contributed by atoms with E-state index in [-0.39, 0.29) is 31.0 Å². The molecule has 1 unspecified atom stereocenters. The van der Waals surface area contributed by atoms with Gasteiger partial charge in [-0.1, -0.05) is 35.9 Å². The minimum atomic E-state index is -0.644. The van der Waals surface area contributed by atoms with Crippen LogP contribution in [0.15, 0.2) is 48.5 Å². The summed E-state index contributed by atoms with van der Waals surface area (Å²) in [7, 11) is 0. The lowest BCUT2D eigenvalue weighted by molar-refractivity contribution is -0.142. The van der Waals surface area contributed by atoms with Crippen molar-refractivity contribution in [1.82, 2.24) is 10.2 Å². The van der Waals surface area contributed by atoms with Crippen LogP contribution < -0.4 is 10.1 Å². The van der Waals surface area contributed by atoms with Gasteiger partial charge < -0.3 is 15.0 Å². The molecule has 0 saturated heterocycles. The number of hydrogen-bond donors (Lipinski definition) is 1. The Hall–Kier alpha value is -2.53. The number of amides is 2. The van der Waals surface area contributed by atoms with Crippen molar-refractivity contribution in [1.29, 1.82) is 0 Å². The normalized spacial score (nSPS) is 11.8. The SMILES string of the molecule is Cc1cccc(OCC(=O)N(Cc2cccc(Cl)c2)C(C)C(=O)NC(C)C)c1. The van der Waals surface area contributed by atoms with Crippen LogP contribution in [0.4, 0.5) is 0 Å². The van der Waals surface area contributed by atoms with E-state index in [1.807, 2.05) is 51.1 Å². The largest absolute Gasteiger partial charge is 0.484 e. The molecule has 1 N–H and O–H groups in total. The van der Waals surface area contributed by atoms with Crippen LogP contribution in [0.5, 0.6) is 5.75 Å². The quantitative estimate of drug-likeness (QED) is 0.726. The molecule has 0 heterocycles. The number of halogens is 1. The summed E-state index contributed by atoms with van der Waals surface area (Å²) in [6.45, 7) is 7.56. The van der Waals surface area contributed by atoms with Gasteiger partial charge in [-0.3, -0.25) is 9.59 Å². The molecule has 0 aromatic heterocycles. The number of hydrogen-bond acceptors (Lipinski definition) is 3. The van der Waals surface area contributed by atoms with Gasteiger partial charge in [0.15, 0.2) is 6.61 Å². The van der Waals surface area contributed by atoms with Crippen molar-refractivity contribution in [3.8, 4) is 5.75 Å². The lowest BCUT2D eigenvalue weighted by Gasteiger charge is -2.29. The minimum absolute atomic E-state index is 0.0124. The van der Waals surface area contributed by atoms with E-state index in [0.717, 1.165) is 11.1 Å². The highest BCUT2D eigenvalue weighted by atomic mass is 35.5. The van der Waals surface area contributed by atoms with Crippen LogP contribution >= 0.6 is 11.6 Å². The highest BCUT2D eigenvalue weighted by Crippen LogP contribution is 2.16. The third kappa shape index (κ3) is 6.57. The lowest BCUT2D eigenvalue weighted by Crippen LogP contribution is -2.50. The van der Waals surface area contributed by atoms with Crippen LogP contribution in [0.25, 0.3) is 0 Å². The van der Waals surface area contributed by atoms with Crippen LogP contribution in [-0.2, 0) is 16.1 Å². The highest BCUT2D eigenvalue weighted by molar-refractivity contribution is 6.30. The Morgan fingerprint density at radius 2 is 1.82 bits per heavy atom. The average molecular weight is 403 g/mol. The molecule has 0 spiro atoms. The Labute approximate surface area is 171 Å². The van der Waals surface area contributed by atoms with Crippen LogP contribution in [-0.4, -0.2) is 35.4 Å². The Balaban J connectivity index is 2.15. The van der Waals surface area contributed by atoms with Crippen LogP contribution in [0.3, 0.4) is 0 Å². The average Bonchev–Trinajstić information content (AvgIpc) is 2.63. The third-order valence-corrected chi connectivity index (χ3v) is 4.43. The molecule has 0 saturated carbocycles. The molecular formula is C22H27ClN2O3. The maximum absolute atomic E-state index is 12.9. The van der Waals surface area contributed by atoms with Gasteiger partial charge in [-0.05, 0) is 63.1 Å². The van der Waals surface area contributed by atoms with Gasteiger partial charge >= 0.3 is 0 Å². The molecule has 2 aromatic rings. The van der Waals surface area contributed by atoms with Gasteiger partial charge in [0.05, 0.1) is 0 Å². The summed E-state index contributed by atoms with van der Waals surface area (Å²) < 4.78 is 5.65. The van der Waals surface area contributed by atoms with Gasteiger partial charge in [0.25, 0.3) is 5.91 Å². The van der Waals surface area contributed by atoms with Crippen molar-refractivity contribution in [3.63, 3.8) is 0 Å². The van der Waals surface area contributed by atoms with E-state index in [9.17, 15) is 9.59 Å². The third-order valence-electron chi connectivity index (χ3n) is 4.19. The lowest BCUT2D eigenvalue weighted by atomic mass is 10.1. The fourth-order valence-electron chi connectivity index (χ4n) is 2.75. The Morgan fingerprint density at radius 3 is 2.46 bits per heavy atom. The van der Waals surface area contributed by atoms with Gasteiger partial charge in [-0.15, -0.1) is 0 Å². The van der Waals surface area contributed by atoms with Crippen LogP contribution in [0.2, 0.25) is 5.02 Å². The van der Waals surface area contributed by atoms with Crippen molar-refractivity contribution < 1.29 is 14.3 Å². The summed E-state index contributed by atoms with van der Waals surface area (Å²) in [5, 5.41) is 3.44. The maximum atomic E-state index is 12.9. The first-order valence-corrected chi connectivity index (χ1v) is 9.68. The number of rotatable bonds is 8. The molecule has 1 atom stereocenters. The molecule has 0 radical (unpaired) electrons. The fourth-order valence-corrected chi connectivity index (χ4v) is 2.97. The van der Waals surface area contributed by atoms with Gasteiger partial charge in [0.2, 0.25) is 5.91 Å². The number of carbonyl (C=O) groups excluding carboxylic acids is 2. The zero-order valence-corrected chi connectivity index (χ0v) is 17.5. The zero-order valence-electron chi connectivity index (χ0n) is 16.7. The number of nitrogens with one attached hydrogen (secondary N) is 1. The number of nitrogens with zero attached hydrogens (tertiary/aromatic N) is 1. The first-order chi connectivity index (χ1) is 13.3. The first kappa shape index (κ1) is 21.8. The smallest absolute Gasteiger partial charge is 0.261 e. The summed E-state index contributed by atoms with van der Waals surface area (Å²) in [5.74, 6) is 0.143. The fraction of sp³-hybridized carbons (Fsp3) is 0.364. The number of carbonyl (C=O) groups is 2. The maximum Gasteiger partial charge on any atom is 0.261 e. The molecule has 0 aliphatic carbocycles. The molecule has 6 heteroatoms. The summed E-state index contributed by atoms with van der Waals surface area (Å²) in [4.78, 5) is 26.9. The van der Waals surface area contributed by atoms with Gasteiger partial charge in [0, 0.05) is 17.6 Å². The molecule has 0 aliphatic heterocycles. The Bertz CT molecular complexity index is 823. The van der Waals surface area contributed by atoms with Crippen molar-refractivity contribution in [2.24, 2.45) is 0 Å². The second-order valence-electron chi connectivity index (χ2n) is 7.10. The summed E-state index contributed by atoms with van der Waals surface area (Å²) in [6.07, 6.45) is 0. The second-order valence-corrected chi connectivity index (χ2v) is 7.53. The van der Waals surface area contributed by atoms with Crippen molar-refractivity contribution in [2.45, 2.75) is 46.3 Å². The number of ether oxygens (including phenoxy) is 1. The highest BCUT2D eigenvalue weighted by Gasteiger charge is 2.26. The van der Waals surface area contributed by atoms with Gasteiger partial charge in [-0.2, -0.15) is 0 Å². The van der Waals surface area contributed by atoms with E-state index >= 15 is 0 Å². The first-order valence-electron chi connectivity index (χ1n) is 9.30. The standard InChI is InChI=1S/C22H27ClN2O3/c1-15(2)24-22(27)17(4)25(13-18-8-6-9-19(23)12-18)21(26)14-28-20-10-5-7-16(3)11-20/h5-12,15,17H,13-14H2,1-4H3,(H,24,27). The molecule has 0 fully saturated rings. The predicted octanol–water partition coefficient (Wildman–Crippen LogP) is 3.97. The minimum Gasteiger partial charge on any atom is -0.484 e. The number of benzene rings is 2. The second kappa shape index (κ2) is 10.1. The van der Waals surface area contributed by atoms with Crippen molar-refractivity contribution in [2.75, 3.05) is 6.61 Å². The van der Waals surface area contributed by atoms with Gasteiger partial charge in [-0.25, -0.2) is 0 Å². The Morgan fingerprint density at radius 1 is 1.11 bits per heavy atom. The molecule has 5 nitrogen and oxygen atoms in total. The molecular weight excluding hydrogens is 376 g/mol. The topological polar surface area (TPSA) is 58.6 Å². The van der Waals surface area contributed by atoms with E-state index < -0.39 is 6.04 Å². The van der Waals surface area contributed by atoms with Crippen molar-refractivity contribution in [3.05, 3.63) is 64.7 Å². The molecule has 2 rings (SSSR count). The number of aryl methyl sites for hydroxylation is 1. The molecule has 0 aliphatic rings. The summed E-state index contributed by atoms with van der Waals surface area (Å²) >= 11 is 6.07. The van der Waals surface area contributed by atoms with E-state index in [1.165, 1.54) is 4.90 Å².